The highest BCUT2D eigenvalue weighted by Crippen LogP contribution is 2.27. The summed E-state index contributed by atoms with van der Waals surface area (Å²) in [6.45, 7) is 8.37. The minimum absolute atomic E-state index is 0.663. The lowest BCUT2D eigenvalue weighted by Gasteiger charge is -2.20. The minimum Gasteiger partial charge on any atom is -0.330 e. The van der Waals surface area contributed by atoms with Crippen molar-refractivity contribution in [2.45, 2.75) is 46.6 Å². The first-order valence-electron chi connectivity index (χ1n) is 7.92. The van der Waals surface area contributed by atoms with Crippen LogP contribution in [0.25, 0.3) is 11.0 Å². The van der Waals surface area contributed by atoms with Gasteiger partial charge in [-0.15, -0.1) is 0 Å². The number of para-hydroxylation sites is 1. The highest BCUT2D eigenvalue weighted by atomic mass is 35.5. The molecule has 0 aliphatic heterocycles. The first-order chi connectivity index (χ1) is 10.1. The van der Waals surface area contributed by atoms with Crippen LogP contribution in [-0.4, -0.2) is 16.1 Å². The maximum absolute atomic E-state index is 6.34. The number of rotatable bonds is 7. The maximum Gasteiger partial charge on any atom is 0.109 e. The Hall–Kier alpha value is -1.06. The van der Waals surface area contributed by atoms with E-state index in [2.05, 4.69) is 25.3 Å². The van der Waals surface area contributed by atoms with Crippen LogP contribution >= 0.6 is 11.6 Å². The molecule has 1 aromatic carbocycles. The highest BCUT2D eigenvalue weighted by molar-refractivity contribution is 6.35. The molecule has 1 unspecified atom stereocenters. The van der Waals surface area contributed by atoms with Gasteiger partial charge in [-0.05, 0) is 50.3 Å². The van der Waals surface area contributed by atoms with Gasteiger partial charge in [-0.1, -0.05) is 31.5 Å². The van der Waals surface area contributed by atoms with Crippen molar-refractivity contribution < 1.29 is 0 Å². The van der Waals surface area contributed by atoms with E-state index in [1.807, 2.05) is 18.2 Å². The van der Waals surface area contributed by atoms with Gasteiger partial charge in [0.2, 0.25) is 0 Å². The first kappa shape index (κ1) is 16.3. The fraction of sp³-hybridized carbons (Fsp3) is 0.588. The number of nitrogens with two attached hydrogens (primary N) is 1. The molecule has 2 N–H and O–H groups in total. The van der Waals surface area contributed by atoms with Crippen molar-refractivity contribution in [3.05, 3.63) is 29.0 Å². The Morgan fingerprint density at radius 3 is 2.67 bits per heavy atom. The van der Waals surface area contributed by atoms with Crippen LogP contribution < -0.4 is 5.73 Å². The van der Waals surface area contributed by atoms with Gasteiger partial charge in [-0.3, -0.25) is 0 Å². The Kier molecular flexibility index (Phi) is 5.65. The topological polar surface area (TPSA) is 43.8 Å². The quantitative estimate of drug-likeness (QED) is 0.830. The molecule has 0 spiro atoms. The third-order valence-corrected chi connectivity index (χ3v) is 4.64. The van der Waals surface area contributed by atoms with Crippen molar-refractivity contribution in [2.75, 3.05) is 6.54 Å². The number of fused-ring (bicyclic) bond motifs is 1. The summed E-state index contributed by atoms with van der Waals surface area (Å²) in [7, 11) is 0. The molecule has 0 bridgehead atoms. The Morgan fingerprint density at radius 1 is 1.29 bits per heavy atom. The third-order valence-electron chi connectivity index (χ3n) is 4.33. The molecule has 2 rings (SSSR count). The van der Waals surface area contributed by atoms with Gasteiger partial charge in [-0.2, -0.15) is 0 Å². The summed E-state index contributed by atoms with van der Waals surface area (Å²) in [4.78, 5) is 4.78. The molecule has 116 valence electrons. The van der Waals surface area contributed by atoms with Crippen molar-refractivity contribution in [1.29, 1.82) is 0 Å². The van der Waals surface area contributed by atoms with Crippen LogP contribution in [-0.2, 0) is 13.0 Å². The standard InChI is InChI=1S/C17H26ClN3/c1-4-21-16(9-8-13(10-11-19)12(2)3)20-15-7-5-6-14(18)17(15)21/h5-7,12-13H,4,8-11,19H2,1-3H3. The second-order valence-electron chi connectivity index (χ2n) is 6.00. The van der Waals surface area contributed by atoms with Crippen LogP contribution in [0.4, 0.5) is 0 Å². The zero-order valence-electron chi connectivity index (χ0n) is 13.3. The number of halogens is 1. The van der Waals surface area contributed by atoms with E-state index in [1.54, 1.807) is 0 Å². The summed E-state index contributed by atoms with van der Waals surface area (Å²) < 4.78 is 2.25. The van der Waals surface area contributed by atoms with Crippen LogP contribution in [0.1, 0.15) is 39.4 Å². The summed E-state index contributed by atoms with van der Waals surface area (Å²) in [5, 5.41) is 0.787. The zero-order chi connectivity index (χ0) is 15.4. The summed E-state index contributed by atoms with van der Waals surface area (Å²) in [5.41, 5.74) is 7.80. The van der Waals surface area contributed by atoms with Crippen molar-refractivity contribution in [2.24, 2.45) is 17.6 Å². The van der Waals surface area contributed by atoms with Gasteiger partial charge in [0, 0.05) is 13.0 Å². The molecule has 1 aromatic heterocycles. The number of imidazole rings is 1. The maximum atomic E-state index is 6.34. The van der Waals surface area contributed by atoms with Crippen LogP contribution in [0, 0.1) is 11.8 Å². The van der Waals surface area contributed by atoms with Gasteiger partial charge in [-0.25, -0.2) is 4.98 Å². The normalized spacial score (nSPS) is 13.2. The Labute approximate surface area is 132 Å². The van der Waals surface area contributed by atoms with Gasteiger partial charge in [0.1, 0.15) is 5.82 Å². The monoisotopic (exact) mass is 307 g/mol. The van der Waals surface area contributed by atoms with Gasteiger partial charge >= 0.3 is 0 Å². The van der Waals surface area contributed by atoms with Crippen molar-refractivity contribution in [3.63, 3.8) is 0 Å². The zero-order valence-corrected chi connectivity index (χ0v) is 14.0. The largest absolute Gasteiger partial charge is 0.330 e. The molecule has 21 heavy (non-hydrogen) atoms. The van der Waals surface area contributed by atoms with E-state index in [1.165, 1.54) is 0 Å². The molecular formula is C17H26ClN3. The molecule has 0 aliphatic carbocycles. The fourth-order valence-electron chi connectivity index (χ4n) is 3.06. The summed E-state index contributed by atoms with van der Waals surface area (Å²) >= 11 is 6.34. The van der Waals surface area contributed by atoms with Gasteiger partial charge < -0.3 is 10.3 Å². The van der Waals surface area contributed by atoms with E-state index in [4.69, 9.17) is 22.3 Å². The van der Waals surface area contributed by atoms with Crippen LogP contribution in [0.3, 0.4) is 0 Å². The van der Waals surface area contributed by atoms with Crippen LogP contribution in [0.2, 0.25) is 5.02 Å². The molecular weight excluding hydrogens is 282 g/mol. The number of benzene rings is 1. The smallest absolute Gasteiger partial charge is 0.109 e. The fourth-order valence-corrected chi connectivity index (χ4v) is 3.33. The Bertz CT molecular complexity index is 589. The lowest BCUT2D eigenvalue weighted by Crippen LogP contribution is -2.16. The van der Waals surface area contributed by atoms with E-state index in [-0.39, 0.29) is 0 Å². The van der Waals surface area contributed by atoms with Gasteiger partial charge in [0.25, 0.3) is 0 Å². The molecule has 0 saturated heterocycles. The Balaban J connectivity index is 2.24. The number of hydrogen-bond donors (Lipinski definition) is 1. The minimum atomic E-state index is 0.663. The first-order valence-corrected chi connectivity index (χ1v) is 8.30. The molecule has 0 saturated carbocycles. The van der Waals surface area contributed by atoms with E-state index in [9.17, 15) is 0 Å². The predicted molar refractivity (Wildman–Crippen MR) is 90.7 cm³/mol. The summed E-state index contributed by atoms with van der Waals surface area (Å²) in [6.07, 6.45) is 3.21. The van der Waals surface area contributed by atoms with Crippen molar-refractivity contribution in [3.8, 4) is 0 Å². The van der Waals surface area contributed by atoms with Gasteiger partial charge in [0.15, 0.2) is 0 Å². The molecule has 4 heteroatoms. The number of hydrogen-bond acceptors (Lipinski definition) is 2. The van der Waals surface area contributed by atoms with Gasteiger partial charge in [0.05, 0.1) is 16.1 Å². The lowest BCUT2D eigenvalue weighted by molar-refractivity contribution is 0.338. The van der Waals surface area contributed by atoms with Crippen LogP contribution in [0.15, 0.2) is 18.2 Å². The molecule has 2 aromatic rings. The molecule has 1 heterocycles. The number of aromatic nitrogens is 2. The summed E-state index contributed by atoms with van der Waals surface area (Å²) in [6, 6.07) is 5.94. The molecule has 3 nitrogen and oxygen atoms in total. The van der Waals surface area contributed by atoms with E-state index in [0.29, 0.717) is 11.8 Å². The van der Waals surface area contributed by atoms with E-state index < -0.39 is 0 Å². The van der Waals surface area contributed by atoms with E-state index >= 15 is 0 Å². The average molecular weight is 308 g/mol. The number of aryl methyl sites for hydroxylation is 2. The molecule has 0 fully saturated rings. The average Bonchev–Trinajstić information content (AvgIpc) is 2.82. The molecule has 0 amide bonds. The molecule has 0 aliphatic rings. The summed E-state index contributed by atoms with van der Waals surface area (Å²) in [5.74, 6) is 2.47. The SMILES string of the molecule is CCn1c(CCC(CCN)C(C)C)nc2cccc(Cl)c21. The molecule has 1 atom stereocenters. The Morgan fingerprint density at radius 2 is 2.05 bits per heavy atom. The second kappa shape index (κ2) is 7.28. The number of nitrogens with zero attached hydrogens (tertiary/aromatic N) is 2. The predicted octanol–water partition coefficient (Wildman–Crippen LogP) is 4.26. The lowest BCUT2D eigenvalue weighted by atomic mass is 9.88. The van der Waals surface area contributed by atoms with Crippen molar-refractivity contribution in [1.82, 2.24) is 9.55 Å². The molecule has 0 radical (unpaired) electrons. The third kappa shape index (κ3) is 3.58. The van der Waals surface area contributed by atoms with E-state index in [0.717, 1.165) is 54.2 Å². The highest BCUT2D eigenvalue weighted by Gasteiger charge is 2.16. The van der Waals surface area contributed by atoms with Crippen LogP contribution in [0.5, 0.6) is 0 Å². The second-order valence-corrected chi connectivity index (χ2v) is 6.41. The van der Waals surface area contributed by atoms with Crippen molar-refractivity contribution >= 4 is 22.6 Å².